The molecule has 0 radical (unpaired) electrons. The third kappa shape index (κ3) is 3.12. The molecule has 0 aliphatic carbocycles. The van der Waals surface area contributed by atoms with Crippen molar-refractivity contribution in [1.82, 2.24) is 10.2 Å². The average Bonchev–Trinajstić information content (AvgIpc) is 2.51. The summed E-state index contributed by atoms with van der Waals surface area (Å²) in [5, 5.41) is 34.2. The fraction of sp³-hybridized carbons (Fsp3) is 0.625. The lowest BCUT2D eigenvalue weighted by Gasteiger charge is -2.47. The van der Waals surface area contributed by atoms with Crippen molar-refractivity contribution in [1.29, 1.82) is 0 Å². The first kappa shape index (κ1) is 16.4. The molecule has 118 valence electrons. The lowest BCUT2D eigenvalue weighted by atomic mass is 9.91. The summed E-state index contributed by atoms with van der Waals surface area (Å²) < 4.78 is 0. The molecule has 21 heavy (non-hydrogen) atoms. The first-order valence-electron chi connectivity index (χ1n) is 7.79. The van der Waals surface area contributed by atoms with E-state index >= 15 is 0 Å². The topological polar surface area (TPSA) is 76.0 Å². The van der Waals surface area contributed by atoms with Crippen molar-refractivity contribution < 1.29 is 15.3 Å². The molecule has 2 unspecified atom stereocenters. The van der Waals surface area contributed by atoms with E-state index in [1.54, 1.807) is 11.0 Å². The number of β-amino-alcohol motifs (C(OH)–C–C–N with tert-alkyl or cyclic N) is 1. The normalized spacial score (nSPS) is 28.2. The van der Waals surface area contributed by atoms with E-state index in [1.807, 2.05) is 32.0 Å². The molecule has 0 aromatic heterocycles. The van der Waals surface area contributed by atoms with Crippen LogP contribution in [0.2, 0.25) is 0 Å². The van der Waals surface area contributed by atoms with Gasteiger partial charge in [0.15, 0.2) is 0 Å². The van der Waals surface area contributed by atoms with Crippen molar-refractivity contribution in [2.45, 2.75) is 44.7 Å². The van der Waals surface area contributed by atoms with Crippen LogP contribution in [0.25, 0.3) is 0 Å². The molecule has 5 nitrogen and oxygen atoms in total. The molecule has 0 amide bonds. The van der Waals surface area contributed by atoms with E-state index in [-0.39, 0.29) is 6.04 Å². The second kappa shape index (κ2) is 6.85. The highest BCUT2D eigenvalue weighted by Crippen LogP contribution is 2.34. The molecule has 3 rings (SSSR count). The van der Waals surface area contributed by atoms with Crippen molar-refractivity contribution in [2.24, 2.45) is 0 Å². The van der Waals surface area contributed by atoms with Gasteiger partial charge in [0.25, 0.3) is 5.91 Å². The molecule has 0 saturated carbocycles. The Kier molecular flexibility index (Phi) is 5.35. The third-order valence-corrected chi connectivity index (χ3v) is 4.22. The van der Waals surface area contributed by atoms with Crippen LogP contribution < -0.4 is 5.32 Å². The predicted octanol–water partition coefficient (Wildman–Crippen LogP) is 0.389. The summed E-state index contributed by atoms with van der Waals surface area (Å²) in [5.41, 5.74) is 1.50. The first-order chi connectivity index (χ1) is 10.1. The number of hydrogen-bond donors (Lipinski definition) is 4. The monoisotopic (exact) mass is 294 g/mol. The Hall–Kier alpha value is -0.980. The summed E-state index contributed by atoms with van der Waals surface area (Å²) in [6.07, 6.45) is 0.916. The molecular weight excluding hydrogens is 268 g/mol. The van der Waals surface area contributed by atoms with Crippen LogP contribution in [-0.2, 0) is 12.3 Å². The molecule has 0 spiro atoms. The van der Waals surface area contributed by atoms with Gasteiger partial charge in [-0.15, -0.1) is 0 Å². The lowest BCUT2D eigenvalue weighted by Crippen LogP contribution is -2.62. The maximum atomic E-state index is 10.5. The van der Waals surface area contributed by atoms with E-state index in [0.717, 1.165) is 18.5 Å². The molecule has 2 heterocycles. The smallest absolute Gasteiger partial charge is 0.253 e. The zero-order chi connectivity index (χ0) is 15.5. The minimum absolute atomic E-state index is 0.218. The van der Waals surface area contributed by atoms with E-state index < -0.39 is 12.0 Å². The number of aliphatic hydroxyl groups excluding tert-OH is 1. The van der Waals surface area contributed by atoms with Crippen molar-refractivity contribution >= 4 is 0 Å². The van der Waals surface area contributed by atoms with Crippen molar-refractivity contribution in [3.05, 3.63) is 35.4 Å². The Morgan fingerprint density at radius 2 is 1.95 bits per heavy atom. The standard InChI is InChI=1S/C14H20N2O3.C2H6/c17-13-9-15-7-5-12(13)16-8-6-10-3-1-2-4-11(10)14(16,18)19;1-2/h1-4,12-13,15,17-19H,5-9H2;1-2H3. The molecule has 1 aromatic carbocycles. The molecule has 5 heteroatoms. The highest BCUT2D eigenvalue weighted by molar-refractivity contribution is 5.33. The molecule has 4 N–H and O–H groups in total. The van der Waals surface area contributed by atoms with Gasteiger partial charge in [0.2, 0.25) is 0 Å². The molecule has 2 aliphatic heterocycles. The Labute approximate surface area is 126 Å². The highest BCUT2D eigenvalue weighted by Gasteiger charge is 2.45. The number of benzene rings is 1. The second-order valence-corrected chi connectivity index (χ2v) is 5.36. The van der Waals surface area contributed by atoms with Gasteiger partial charge in [0.1, 0.15) is 0 Å². The van der Waals surface area contributed by atoms with E-state index in [4.69, 9.17) is 0 Å². The van der Waals surface area contributed by atoms with Crippen molar-refractivity contribution in [3.8, 4) is 0 Å². The molecule has 1 saturated heterocycles. The second-order valence-electron chi connectivity index (χ2n) is 5.36. The van der Waals surface area contributed by atoms with Gasteiger partial charge in [-0.25, -0.2) is 4.90 Å². The number of nitrogens with zero attached hydrogens (tertiary/aromatic N) is 1. The van der Waals surface area contributed by atoms with Gasteiger partial charge in [0, 0.05) is 24.7 Å². The molecule has 1 fully saturated rings. The van der Waals surface area contributed by atoms with E-state index in [1.165, 1.54) is 0 Å². The van der Waals surface area contributed by atoms with Gasteiger partial charge in [0.05, 0.1) is 6.10 Å². The molecule has 2 aliphatic rings. The molecule has 1 aromatic rings. The summed E-state index contributed by atoms with van der Waals surface area (Å²) in [5.74, 6) is -1.99. The van der Waals surface area contributed by atoms with Crippen LogP contribution in [-0.4, -0.2) is 52.0 Å². The first-order valence-corrected chi connectivity index (χ1v) is 7.79. The SMILES string of the molecule is CC.OC1CNCCC1N1CCc2ccccc2C1(O)O. The number of rotatable bonds is 1. The van der Waals surface area contributed by atoms with E-state index in [0.29, 0.717) is 25.1 Å². The Morgan fingerprint density at radius 3 is 2.67 bits per heavy atom. The van der Waals surface area contributed by atoms with Crippen LogP contribution in [0.1, 0.15) is 31.4 Å². The summed E-state index contributed by atoms with van der Waals surface area (Å²) in [6.45, 7) is 5.83. The summed E-state index contributed by atoms with van der Waals surface area (Å²) in [4.78, 5) is 1.63. The maximum absolute atomic E-state index is 10.5. The van der Waals surface area contributed by atoms with Crippen molar-refractivity contribution in [3.63, 3.8) is 0 Å². The number of nitrogens with one attached hydrogen (secondary N) is 1. The Morgan fingerprint density at radius 1 is 1.24 bits per heavy atom. The van der Waals surface area contributed by atoms with Crippen LogP contribution in [0.3, 0.4) is 0 Å². The van der Waals surface area contributed by atoms with Gasteiger partial charge < -0.3 is 20.6 Å². The third-order valence-electron chi connectivity index (χ3n) is 4.22. The number of fused-ring (bicyclic) bond motifs is 1. The zero-order valence-corrected chi connectivity index (χ0v) is 12.8. The minimum atomic E-state index is -1.99. The predicted molar refractivity (Wildman–Crippen MR) is 81.6 cm³/mol. The summed E-state index contributed by atoms with van der Waals surface area (Å²) in [6, 6.07) is 7.16. The van der Waals surface area contributed by atoms with Crippen LogP contribution in [0, 0.1) is 0 Å². The zero-order valence-electron chi connectivity index (χ0n) is 12.8. The summed E-state index contributed by atoms with van der Waals surface area (Å²) in [7, 11) is 0. The maximum Gasteiger partial charge on any atom is 0.253 e. The number of aliphatic hydroxyl groups is 3. The van der Waals surface area contributed by atoms with E-state index in [9.17, 15) is 15.3 Å². The van der Waals surface area contributed by atoms with Crippen LogP contribution in [0.15, 0.2) is 24.3 Å². The largest absolute Gasteiger partial charge is 0.390 e. The van der Waals surface area contributed by atoms with Gasteiger partial charge in [-0.3, -0.25) is 0 Å². The Bertz CT molecular complexity index is 465. The molecule has 0 bridgehead atoms. The fourth-order valence-electron chi connectivity index (χ4n) is 3.21. The van der Waals surface area contributed by atoms with Gasteiger partial charge in [-0.1, -0.05) is 38.1 Å². The molecular formula is C16H26N2O3. The van der Waals surface area contributed by atoms with E-state index in [2.05, 4.69) is 5.32 Å². The van der Waals surface area contributed by atoms with Crippen LogP contribution in [0.4, 0.5) is 0 Å². The fourth-order valence-corrected chi connectivity index (χ4v) is 3.21. The van der Waals surface area contributed by atoms with Gasteiger partial charge in [-0.2, -0.15) is 0 Å². The lowest BCUT2D eigenvalue weighted by molar-refractivity contribution is -0.299. The number of piperidine rings is 1. The quantitative estimate of drug-likeness (QED) is 0.564. The average molecular weight is 294 g/mol. The van der Waals surface area contributed by atoms with Gasteiger partial charge >= 0.3 is 0 Å². The summed E-state index contributed by atoms with van der Waals surface area (Å²) >= 11 is 0. The highest BCUT2D eigenvalue weighted by atomic mass is 16.5. The molecule has 2 atom stereocenters. The Balaban J connectivity index is 0.000000774. The van der Waals surface area contributed by atoms with Gasteiger partial charge in [-0.05, 0) is 24.9 Å². The van der Waals surface area contributed by atoms with Crippen LogP contribution in [0.5, 0.6) is 0 Å². The minimum Gasteiger partial charge on any atom is -0.390 e. The number of hydrogen-bond acceptors (Lipinski definition) is 5. The van der Waals surface area contributed by atoms with Crippen LogP contribution >= 0.6 is 0 Å². The van der Waals surface area contributed by atoms with Crippen molar-refractivity contribution in [2.75, 3.05) is 19.6 Å².